The molecular formula is C22H31N3O2. The summed E-state index contributed by atoms with van der Waals surface area (Å²) >= 11 is 0. The Morgan fingerprint density at radius 1 is 1.19 bits per heavy atom. The van der Waals surface area contributed by atoms with Crippen molar-refractivity contribution < 1.29 is 9.21 Å². The maximum atomic E-state index is 13.3. The van der Waals surface area contributed by atoms with E-state index in [1.165, 1.54) is 0 Å². The Morgan fingerprint density at radius 3 is 2.63 bits per heavy atom. The van der Waals surface area contributed by atoms with E-state index in [-0.39, 0.29) is 11.9 Å². The summed E-state index contributed by atoms with van der Waals surface area (Å²) in [4.78, 5) is 17.5. The smallest absolute Gasteiger partial charge is 0.257 e. The standard InChI is InChI=1S/C22H31N3O2/c1-3-24(4-2)16-19-15-20(21(27-19)17-9-6-5-7-10-17)22(26)25-13-8-11-18(23)12-14-25/h5-7,9-10,15,18H,3-4,8,11-14,16,23H2,1-2H3/t18-/m0/s1. The fourth-order valence-corrected chi connectivity index (χ4v) is 3.65. The Bertz CT molecular complexity index is 737. The molecule has 1 aliphatic rings. The summed E-state index contributed by atoms with van der Waals surface area (Å²) in [5.74, 6) is 1.57. The molecule has 1 aromatic heterocycles. The molecule has 146 valence electrons. The van der Waals surface area contributed by atoms with E-state index in [1.54, 1.807) is 0 Å². The topological polar surface area (TPSA) is 62.7 Å². The zero-order valence-electron chi connectivity index (χ0n) is 16.5. The number of hydrogen-bond donors (Lipinski definition) is 1. The molecule has 0 radical (unpaired) electrons. The number of hydrogen-bond acceptors (Lipinski definition) is 4. The van der Waals surface area contributed by atoms with Gasteiger partial charge in [-0.25, -0.2) is 0 Å². The minimum Gasteiger partial charge on any atom is -0.459 e. The van der Waals surface area contributed by atoms with Gasteiger partial charge in [0.15, 0.2) is 0 Å². The quantitative estimate of drug-likeness (QED) is 0.842. The Labute approximate surface area is 162 Å². The van der Waals surface area contributed by atoms with Gasteiger partial charge in [-0.15, -0.1) is 0 Å². The van der Waals surface area contributed by atoms with Gasteiger partial charge in [-0.05, 0) is 38.4 Å². The zero-order chi connectivity index (χ0) is 19.2. The minimum atomic E-state index is 0.0532. The molecule has 1 aliphatic heterocycles. The van der Waals surface area contributed by atoms with E-state index in [1.807, 2.05) is 41.3 Å². The van der Waals surface area contributed by atoms with E-state index in [0.717, 1.165) is 50.2 Å². The average molecular weight is 370 g/mol. The lowest BCUT2D eigenvalue weighted by Gasteiger charge is -2.20. The van der Waals surface area contributed by atoms with Gasteiger partial charge < -0.3 is 15.1 Å². The number of rotatable bonds is 6. The van der Waals surface area contributed by atoms with Crippen molar-refractivity contribution in [2.75, 3.05) is 26.2 Å². The first kappa shape index (κ1) is 19.6. The van der Waals surface area contributed by atoms with E-state index >= 15 is 0 Å². The van der Waals surface area contributed by atoms with Gasteiger partial charge in [0.05, 0.1) is 12.1 Å². The van der Waals surface area contributed by atoms with Crippen LogP contribution in [0.15, 0.2) is 40.8 Å². The van der Waals surface area contributed by atoms with Crippen molar-refractivity contribution in [2.24, 2.45) is 5.73 Å². The monoisotopic (exact) mass is 369 g/mol. The molecule has 2 aromatic rings. The SMILES string of the molecule is CCN(CC)Cc1cc(C(=O)N2CCC[C@H](N)CC2)c(-c2ccccc2)o1. The van der Waals surface area contributed by atoms with Crippen LogP contribution in [0.2, 0.25) is 0 Å². The summed E-state index contributed by atoms with van der Waals surface area (Å²) in [6.07, 6.45) is 2.79. The molecule has 0 aliphatic carbocycles. The Kier molecular flexibility index (Phi) is 6.69. The Balaban J connectivity index is 1.91. The van der Waals surface area contributed by atoms with Crippen molar-refractivity contribution in [2.45, 2.75) is 45.7 Å². The number of amides is 1. The fraction of sp³-hybridized carbons (Fsp3) is 0.500. The Hall–Kier alpha value is -2.11. The van der Waals surface area contributed by atoms with Gasteiger partial charge in [-0.2, -0.15) is 0 Å². The summed E-state index contributed by atoms with van der Waals surface area (Å²) in [6.45, 7) is 8.36. The molecule has 1 saturated heterocycles. The molecule has 0 spiro atoms. The predicted octanol–water partition coefficient (Wildman–Crippen LogP) is 3.74. The highest BCUT2D eigenvalue weighted by molar-refractivity contribution is 5.99. The number of furan rings is 1. The second-order valence-electron chi connectivity index (χ2n) is 7.27. The summed E-state index contributed by atoms with van der Waals surface area (Å²) in [7, 11) is 0. The van der Waals surface area contributed by atoms with Crippen molar-refractivity contribution in [3.63, 3.8) is 0 Å². The van der Waals surface area contributed by atoms with Crippen molar-refractivity contribution in [3.05, 3.63) is 47.7 Å². The molecular weight excluding hydrogens is 338 g/mol. The second-order valence-corrected chi connectivity index (χ2v) is 7.27. The summed E-state index contributed by atoms with van der Waals surface area (Å²) in [5, 5.41) is 0. The van der Waals surface area contributed by atoms with Crippen LogP contribution in [0.4, 0.5) is 0 Å². The first-order valence-corrected chi connectivity index (χ1v) is 10.1. The molecule has 0 bridgehead atoms. The maximum absolute atomic E-state index is 13.3. The zero-order valence-corrected chi connectivity index (χ0v) is 16.5. The molecule has 1 fully saturated rings. The number of nitrogens with zero attached hydrogens (tertiary/aromatic N) is 2. The molecule has 0 unspecified atom stereocenters. The first-order chi connectivity index (χ1) is 13.1. The van der Waals surface area contributed by atoms with Crippen LogP contribution in [0.3, 0.4) is 0 Å². The summed E-state index contributed by atoms with van der Waals surface area (Å²) < 4.78 is 6.19. The molecule has 1 atom stereocenters. The van der Waals surface area contributed by atoms with Crippen molar-refractivity contribution in [1.82, 2.24) is 9.80 Å². The van der Waals surface area contributed by atoms with Crippen molar-refractivity contribution in [3.8, 4) is 11.3 Å². The molecule has 3 rings (SSSR count). The molecule has 2 N–H and O–H groups in total. The van der Waals surface area contributed by atoms with E-state index < -0.39 is 0 Å². The lowest BCUT2D eigenvalue weighted by Crippen LogP contribution is -2.32. The third-order valence-electron chi connectivity index (χ3n) is 5.38. The van der Waals surface area contributed by atoms with Gasteiger partial charge in [-0.1, -0.05) is 44.2 Å². The van der Waals surface area contributed by atoms with Crippen LogP contribution in [-0.4, -0.2) is 47.9 Å². The van der Waals surface area contributed by atoms with Gasteiger partial charge in [0.1, 0.15) is 11.5 Å². The fourth-order valence-electron chi connectivity index (χ4n) is 3.65. The normalized spacial score (nSPS) is 17.9. The molecule has 1 aromatic carbocycles. The number of carbonyl (C=O) groups is 1. The number of likely N-dealkylation sites (tertiary alicyclic amines) is 1. The molecule has 5 heteroatoms. The highest BCUT2D eigenvalue weighted by Gasteiger charge is 2.26. The van der Waals surface area contributed by atoms with Crippen LogP contribution in [0, 0.1) is 0 Å². The lowest BCUT2D eigenvalue weighted by atomic mass is 10.1. The molecule has 2 heterocycles. The van der Waals surface area contributed by atoms with Crippen molar-refractivity contribution >= 4 is 5.91 Å². The molecule has 27 heavy (non-hydrogen) atoms. The average Bonchev–Trinajstić information content (AvgIpc) is 3.00. The van der Waals surface area contributed by atoms with E-state index in [4.69, 9.17) is 10.2 Å². The van der Waals surface area contributed by atoms with Crippen molar-refractivity contribution in [1.29, 1.82) is 0 Å². The largest absolute Gasteiger partial charge is 0.459 e. The van der Waals surface area contributed by atoms with Gasteiger partial charge in [0.25, 0.3) is 5.91 Å². The van der Waals surface area contributed by atoms with Crippen LogP contribution in [0.1, 0.15) is 49.2 Å². The van der Waals surface area contributed by atoms with Gasteiger partial charge in [0, 0.05) is 24.7 Å². The number of benzene rings is 1. The van der Waals surface area contributed by atoms with Crippen LogP contribution in [0.5, 0.6) is 0 Å². The van der Waals surface area contributed by atoms with E-state index in [0.29, 0.717) is 24.4 Å². The van der Waals surface area contributed by atoms with Gasteiger partial charge in [0.2, 0.25) is 0 Å². The second kappa shape index (κ2) is 9.20. The molecule has 1 amide bonds. The van der Waals surface area contributed by atoms with Crippen LogP contribution >= 0.6 is 0 Å². The number of carbonyl (C=O) groups excluding carboxylic acids is 1. The maximum Gasteiger partial charge on any atom is 0.257 e. The molecule has 0 saturated carbocycles. The van der Waals surface area contributed by atoms with E-state index in [2.05, 4.69) is 18.7 Å². The van der Waals surface area contributed by atoms with Crippen LogP contribution in [0.25, 0.3) is 11.3 Å². The highest BCUT2D eigenvalue weighted by Crippen LogP contribution is 2.29. The molecule has 5 nitrogen and oxygen atoms in total. The van der Waals surface area contributed by atoms with Gasteiger partial charge >= 0.3 is 0 Å². The highest BCUT2D eigenvalue weighted by atomic mass is 16.3. The van der Waals surface area contributed by atoms with Crippen LogP contribution < -0.4 is 5.73 Å². The summed E-state index contributed by atoms with van der Waals surface area (Å²) in [5.41, 5.74) is 7.69. The predicted molar refractivity (Wildman–Crippen MR) is 108 cm³/mol. The lowest BCUT2D eigenvalue weighted by molar-refractivity contribution is 0.0761. The van der Waals surface area contributed by atoms with Gasteiger partial charge in [-0.3, -0.25) is 9.69 Å². The third-order valence-corrected chi connectivity index (χ3v) is 5.38. The van der Waals surface area contributed by atoms with Crippen LogP contribution in [-0.2, 0) is 6.54 Å². The number of nitrogens with two attached hydrogens (primary N) is 1. The first-order valence-electron chi connectivity index (χ1n) is 10.1. The third kappa shape index (κ3) is 4.79. The van der Waals surface area contributed by atoms with E-state index in [9.17, 15) is 4.79 Å². The minimum absolute atomic E-state index is 0.0532. The Morgan fingerprint density at radius 2 is 1.93 bits per heavy atom. The summed E-state index contributed by atoms with van der Waals surface area (Å²) in [6, 6.07) is 12.0.